The minimum absolute atomic E-state index is 0.0843. The lowest BCUT2D eigenvalue weighted by molar-refractivity contribution is -0.139. The Morgan fingerprint density at radius 1 is 0.970 bits per heavy atom. The van der Waals surface area contributed by atoms with Gasteiger partial charge >= 0.3 is 0 Å². The highest BCUT2D eigenvalue weighted by molar-refractivity contribution is 7.92. The highest BCUT2D eigenvalue weighted by Crippen LogP contribution is 2.22. The zero-order chi connectivity index (χ0) is 24.9. The molecule has 0 radical (unpaired) electrons. The van der Waals surface area contributed by atoms with Crippen LogP contribution in [0, 0.1) is 20.8 Å². The first-order valence-corrected chi connectivity index (χ1v) is 12.8. The summed E-state index contributed by atoms with van der Waals surface area (Å²) in [5.74, 6) is -0.741. The number of nitrogens with one attached hydrogen (secondary N) is 1. The number of sulfonamides is 1. The third-order valence-electron chi connectivity index (χ3n) is 5.49. The molecule has 33 heavy (non-hydrogen) atoms. The Bertz CT molecular complexity index is 1110. The molecular weight excluding hydrogens is 438 g/mol. The molecule has 0 heterocycles. The Labute approximate surface area is 197 Å². The number of carbonyl (C=O) groups excluding carboxylic acids is 2. The van der Waals surface area contributed by atoms with Crippen molar-refractivity contribution in [2.24, 2.45) is 0 Å². The first-order valence-electron chi connectivity index (χ1n) is 11.0. The van der Waals surface area contributed by atoms with E-state index >= 15 is 0 Å². The molecule has 2 aromatic rings. The number of hydrogen-bond donors (Lipinski definition) is 1. The summed E-state index contributed by atoms with van der Waals surface area (Å²) < 4.78 is 26.3. The summed E-state index contributed by atoms with van der Waals surface area (Å²) in [6, 6.07) is 12.1. The molecule has 8 heteroatoms. The summed E-state index contributed by atoms with van der Waals surface area (Å²) in [6.45, 7) is 10.9. The van der Waals surface area contributed by atoms with Gasteiger partial charge in [-0.05, 0) is 70.4 Å². The molecule has 1 atom stereocenters. The number of nitrogens with zero attached hydrogens (tertiary/aromatic N) is 2. The van der Waals surface area contributed by atoms with Crippen LogP contribution in [-0.4, -0.2) is 50.0 Å². The number of benzene rings is 2. The van der Waals surface area contributed by atoms with Gasteiger partial charge in [0.1, 0.15) is 12.6 Å². The quantitative estimate of drug-likeness (QED) is 0.605. The predicted molar refractivity (Wildman–Crippen MR) is 133 cm³/mol. The van der Waals surface area contributed by atoms with Crippen molar-refractivity contribution in [2.75, 3.05) is 17.1 Å². The molecule has 1 N–H and O–H groups in total. The van der Waals surface area contributed by atoms with Crippen LogP contribution in [0.5, 0.6) is 0 Å². The van der Waals surface area contributed by atoms with Gasteiger partial charge in [0.25, 0.3) is 0 Å². The molecule has 2 amide bonds. The average molecular weight is 474 g/mol. The Morgan fingerprint density at radius 3 is 2.18 bits per heavy atom. The molecule has 7 nitrogen and oxygen atoms in total. The van der Waals surface area contributed by atoms with Crippen LogP contribution in [0.4, 0.5) is 5.69 Å². The predicted octanol–water partition coefficient (Wildman–Crippen LogP) is 3.32. The van der Waals surface area contributed by atoms with Crippen molar-refractivity contribution in [1.29, 1.82) is 0 Å². The van der Waals surface area contributed by atoms with Gasteiger partial charge in [0.15, 0.2) is 0 Å². The molecule has 0 aromatic heterocycles. The van der Waals surface area contributed by atoms with Gasteiger partial charge in [-0.2, -0.15) is 0 Å². The second-order valence-electron chi connectivity index (χ2n) is 8.89. The normalized spacial score (nSPS) is 12.4. The summed E-state index contributed by atoms with van der Waals surface area (Å²) in [4.78, 5) is 27.7. The zero-order valence-electron chi connectivity index (χ0n) is 20.5. The molecule has 0 spiro atoms. The maximum absolute atomic E-state index is 13.5. The smallest absolute Gasteiger partial charge is 0.244 e. The van der Waals surface area contributed by atoms with Crippen LogP contribution in [-0.2, 0) is 26.2 Å². The highest BCUT2D eigenvalue weighted by Gasteiger charge is 2.30. The fourth-order valence-electron chi connectivity index (χ4n) is 3.49. The summed E-state index contributed by atoms with van der Waals surface area (Å²) in [6.07, 6.45) is 1.08. The number of rotatable bonds is 9. The number of carbonyl (C=O) groups is 2. The number of aryl methyl sites for hydroxylation is 3. The maximum Gasteiger partial charge on any atom is 0.244 e. The van der Waals surface area contributed by atoms with Gasteiger partial charge in [-0.25, -0.2) is 8.42 Å². The van der Waals surface area contributed by atoms with Gasteiger partial charge in [0.2, 0.25) is 21.8 Å². The van der Waals surface area contributed by atoms with Crippen LogP contribution in [0.25, 0.3) is 0 Å². The first-order chi connectivity index (χ1) is 15.3. The van der Waals surface area contributed by atoms with E-state index in [0.29, 0.717) is 5.69 Å². The number of hydrogen-bond acceptors (Lipinski definition) is 4. The van der Waals surface area contributed by atoms with Gasteiger partial charge in [-0.1, -0.05) is 35.9 Å². The molecule has 2 aromatic carbocycles. The Balaban J connectivity index is 2.41. The first kappa shape index (κ1) is 26.4. The van der Waals surface area contributed by atoms with Crippen LogP contribution in [0.15, 0.2) is 42.5 Å². The van der Waals surface area contributed by atoms with Crippen molar-refractivity contribution >= 4 is 27.5 Å². The van der Waals surface area contributed by atoms with E-state index in [9.17, 15) is 18.0 Å². The molecule has 0 bridgehead atoms. The minimum Gasteiger partial charge on any atom is -0.352 e. The van der Waals surface area contributed by atoms with Gasteiger partial charge in [-0.3, -0.25) is 13.9 Å². The lowest BCUT2D eigenvalue weighted by Gasteiger charge is -2.32. The summed E-state index contributed by atoms with van der Waals surface area (Å²) in [7, 11) is -3.74. The maximum atomic E-state index is 13.5. The van der Waals surface area contributed by atoms with Gasteiger partial charge in [0.05, 0.1) is 11.9 Å². The van der Waals surface area contributed by atoms with E-state index in [-0.39, 0.29) is 18.5 Å². The van der Waals surface area contributed by atoms with Crippen LogP contribution in [0.1, 0.15) is 43.0 Å². The number of anilines is 1. The van der Waals surface area contributed by atoms with E-state index in [1.54, 1.807) is 19.1 Å². The second kappa shape index (κ2) is 10.8. The summed E-state index contributed by atoms with van der Waals surface area (Å²) in [5.41, 5.74) is 4.27. The standard InChI is InChI=1S/C25H35N3O4S/c1-17(2)26-25(30)21(6)27(15-22-10-8-9-18(3)13-22)24(29)16-28(33(7,31)32)23-12-11-19(4)20(5)14-23/h8-14,17,21H,15-16H2,1-7H3,(H,26,30)/t21-/m1/s1. The van der Waals surface area contributed by atoms with Crippen molar-refractivity contribution in [3.8, 4) is 0 Å². The van der Waals surface area contributed by atoms with E-state index < -0.39 is 28.5 Å². The number of amides is 2. The monoisotopic (exact) mass is 473 g/mol. The molecule has 0 saturated heterocycles. The Kier molecular flexibility index (Phi) is 8.66. The largest absolute Gasteiger partial charge is 0.352 e. The third kappa shape index (κ3) is 7.32. The SMILES string of the molecule is Cc1cccc(CN(C(=O)CN(c2ccc(C)c(C)c2)S(C)(=O)=O)[C@H](C)C(=O)NC(C)C)c1. The van der Waals surface area contributed by atoms with E-state index in [1.165, 1.54) is 4.90 Å². The molecule has 0 fully saturated rings. The third-order valence-corrected chi connectivity index (χ3v) is 6.63. The minimum atomic E-state index is -3.74. The molecule has 0 aliphatic rings. The van der Waals surface area contributed by atoms with E-state index in [4.69, 9.17) is 0 Å². The van der Waals surface area contributed by atoms with E-state index in [0.717, 1.165) is 32.8 Å². The molecule has 2 rings (SSSR count). The van der Waals surface area contributed by atoms with Gasteiger partial charge in [0, 0.05) is 12.6 Å². The highest BCUT2D eigenvalue weighted by atomic mass is 32.2. The molecule has 0 saturated carbocycles. The van der Waals surface area contributed by atoms with Crippen molar-refractivity contribution in [2.45, 2.75) is 60.2 Å². The van der Waals surface area contributed by atoms with Crippen molar-refractivity contribution in [3.05, 3.63) is 64.7 Å². The fraction of sp³-hybridized carbons (Fsp3) is 0.440. The van der Waals surface area contributed by atoms with E-state index in [2.05, 4.69) is 5.32 Å². The topological polar surface area (TPSA) is 86.8 Å². The second-order valence-corrected chi connectivity index (χ2v) is 10.8. The van der Waals surface area contributed by atoms with E-state index in [1.807, 2.05) is 65.0 Å². The Morgan fingerprint density at radius 2 is 1.64 bits per heavy atom. The Hall–Kier alpha value is -2.87. The molecule has 180 valence electrons. The average Bonchev–Trinajstić information content (AvgIpc) is 2.70. The lowest BCUT2D eigenvalue weighted by Crippen LogP contribution is -2.52. The van der Waals surface area contributed by atoms with Crippen molar-refractivity contribution < 1.29 is 18.0 Å². The zero-order valence-corrected chi connectivity index (χ0v) is 21.4. The summed E-state index contributed by atoms with van der Waals surface area (Å²) in [5, 5.41) is 2.84. The van der Waals surface area contributed by atoms with Crippen LogP contribution in [0.2, 0.25) is 0 Å². The molecule has 0 unspecified atom stereocenters. The van der Waals surface area contributed by atoms with Crippen molar-refractivity contribution in [3.63, 3.8) is 0 Å². The summed E-state index contributed by atoms with van der Waals surface area (Å²) >= 11 is 0. The van der Waals surface area contributed by atoms with Crippen LogP contribution < -0.4 is 9.62 Å². The lowest BCUT2D eigenvalue weighted by atomic mass is 10.1. The van der Waals surface area contributed by atoms with Crippen LogP contribution in [0.3, 0.4) is 0 Å². The van der Waals surface area contributed by atoms with Gasteiger partial charge < -0.3 is 10.2 Å². The molecule has 0 aliphatic heterocycles. The fourth-order valence-corrected chi connectivity index (χ4v) is 4.33. The molecular formula is C25H35N3O4S. The van der Waals surface area contributed by atoms with Gasteiger partial charge in [-0.15, -0.1) is 0 Å². The van der Waals surface area contributed by atoms with Crippen molar-refractivity contribution in [1.82, 2.24) is 10.2 Å². The molecule has 0 aliphatic carbocycles. The van der Waals surface area contributed by atoms with Crippen LogP contribution >= 0.6 is 0 Å².